The van der Waals surface area contributed by atoms with Crippen molar-refractivity contribution in [2.24, 2.45) is 5.73 Å². The van der Waals surface area contributed by atoms with Crippen LogP contribution in [0.3, 0.4) is 0 Å². The summed E-state index contributed by atoms with van der Waals surface area (Å²) in [5.74, 6) is 0. The standard InChI is InChI=1S/C11H10BrClN2/c1-6-4-8(12)7-2-3-15-9(5-14)10(7)11(6)13/h2-4H,5,14H2,1H3. The highest BCUT2D eigenvalue weighted by Crippen LogP contribution is 2.34. The molecule has 1 aromatic carbocycles. The molecule has 0 atom stereocenters. The molecule has 0 radical (unpaired) electrons. The largest absolute Gasteiger partial charge is 0.325 e. The first-order valence-electron chi connectivity index (χ1n) is 4.57. The van der Waals surface area contributed by atoms with E-state index < -0.39 is 0 Å². The number of nitrogens with zero attached hydrogens (tertiary/aromatic N) is 1. The van der Waals surface area contributed by atoms with E-state index >= 15 is 0 Å². The maximum absolute atomic E-state index is 6.27. The normalized spacial score (nSPS) is 10.9. The zero-order valence-electron chi connectivity index (χ0n) is 8.22. The third kappa shape index (κ3) is 1.75. The molecule has 1 heterocycles. The Labute approximate surface area is 102 Å². The van der Waals surface area contributed by atoms with E-state index in [9.17, 15) is 0 Å². The van der Waals surface area contributed by atoms with Crippen LogP contribution in [0.25, 0.3) is 10.8 Å². The van der Waals surface area contributed by atoms with Gasteiger partial charge >= 0.3 is 0 Å². The van der Waals surface area contributed by atoms with Gasteiger partial charge in [0.15, 0.2) is 0 Å². The second kappa shape index (κ2) is 4.08. The number of pyridine rings is 1. The Hall–Kier alpha value is -0.640. The molecule has 2 rings (SSSR count). The molecule has 0 amide bonds. The van der Waals surface area contributed by atoms with Crippen molar-refractivity contribution >= 4 is 38.3 Å². The van der Waals surface area contributed by atoms with Crippen molar-refractivity contribution in [2.75, 3.05) is 0 Å². The molecule has 1 aromatic heterocycles. The number of fused-ring (bicyclic) bond motifs is 1. The lowest BCUT2D eigenvalue weighted by Gasteiger charge is -2.09. The molecule has 15 heavy (non-hydrogen) atoms. The fourth-order valence-corrected chi connectivity index (χ4v) is 2.57. The van der Waals surface area contributed by atoms with Crippen molar-refractivity contribution in [2.45, 2.75) is 13.5 Å². The number of aryl methyl sites for hydroxylation is 1. The lowest BCUT2D eigenvalue weighted by atomic mass is 10.1. The molecule has 2 N–H and O–H groups in total. The third-order valence-electron chi connectivity index (χ3n) is 2.39. The van der Waals surface area contributed by atoms with Gasteiger partial charge in [0.1, 0.15) is 0 Å². The highest BCUT2D eigenvalue weighted by atomic mass is 79.9. The molecule has 4 heteroatoms. The van der Waals surface area contributed by atoms with Gasteiger partial charge in [-0.05, 0) is 24.6 Å². The Bertz CT molecular complexity index is 525. The molecule has 2 nitrogen and oxygen atoms in total. The summed E-state index contributed by atoms with van der Waals surface area (Å²) >= 11 is 9.78. The Kier molecular flexibility index (Phi) is 2.96. The smallest absolute Gasteiger partial charge is 0.0633 e. The molecular weight excluding hydrogens is 275 g/mol. The quantitative estimate of drug-likeness (QED) is 0.872. The van der Waals surface area contributed by atoms with Crippen molar-refractivity contribution in [1.82, 2.24) is 4.98 Å². The van der Waals surface area contributed by atoms with Crippen LogP contribution in [0.15, 0.2) is 22.8 Å². The van der Waals surface area contributed by atoms with Crippen molar-refractivity contribution in [3.05, 3.63) is 39.1 Å². The van der Waals surface area contributed by atoms with Gasteiger partial charge in [0.2, 0.25) is 0 Å². The van der Waals surface area contributed by atoms with Gasteiger partial charge in [0, 0.05) is 28.0 Å². The molecule has 0 saturated carbocycles. The highest BCUT2D eigenvalue weighted by Gasteiger charge is 2.10. The summed E-state index contributed by atoms with van der Waals surface area (Å²) in [4.78, 5) is 4.24. The first-order valence-corrected chi connectivity index (χ1v) is 5.74. The number of aromatic nitrogens is 1. The van der Waals surface area contributed by atoms with Gasteiger partial charge in [-0.3, -0.25) is 4.98 Å². The van der Waals surface area contributed by atoms with Crippen LogP contribution in [0.1, 0.15) is 11.3 Å². The average Bonchev–Trinajstić information content (AvgIpc) is 2.25. The first-order chi connectivity index (χ1) is 7.15. The summed E-state index contributed by atoms with van der Waals surface area (Å²) in [5, 5.41) is 2.75. The lowest BCUT2D eigenvalue weighted by molar-refractivity contribution is 1.01. The summed E-state index contributed by atoms with van der Waals surface area (Å²) in [7, 11) is 0. The first kappa shape index (κ1) is 10.9. The van der Waals surface area contributed by atoms with Crippen molar-refractivity contribution in [3.63, 3.8) is 0 Å². The average molecular weight is 286 g/mol. The van der Waals surface area contributed by atoms with Crippen molar-refractivity contribution in [3.8, 4) is 0 Å². The zero-order valence-corrected chi connectivity index (χ0v) is 10.6. The van der Waals surface area contributed by atoms with Gasteiger partial charge in [-0.2, -0.15) is 0 Å². The molecule has 0 aliphatic heterocycles. The molecule has 0 saturated heterocycles. The molecule has 0 fully saturated rings. The molecular formula is C11H10BrClN2. The number of hydrogen-bond acceptors (Lipinski definition) is 2. The molecule has 78 valence electrons. The molecule has 0 aliphatic carbocycles. The van der Waals surface area contributed by atoms with E-state index in [4.69, 9.17) is 17.3 Å². The number of halogens is 2. The predicted octanol–water partition coefficient (Wildman–Crippen LogP) is 3.42. The second-order valence-electron chi connectivity index (χ2n) is 3.37. The van der Waals surface area contributed by atoms with E-state index in [-0.39, 0.29) is 0 Å². The predicted molar refractivity (Wildman–Crippen MR) is 67.1 cm³/mol. The molecule has 0 aliphatic rings. The summed E-state index contributed by atoms with van der Waals surface area (Å²) < 4.78 is 1.02. The van der Waals surface area contributed by atoms with Gasteiger partial charge in [-0.25, -0.2) is 0 Å². The van der Waals surface area contributed by atoms with Crippen molar-refractivity contribution in [1.29, 1.82) is 0 Å². The fourth-order valence-electron chi connectivity index (χ4n) is 1.63. The Morgan fingerprint density at radius 2 is 2.27 bits per heavy atom. The fraction of sp³-hybridized carbons (Fsp3) is 0.182. The summed E-state index contributed by atoms with van der Waals surface area (Å²) in [5.41, 5.74) is 7.51. The molecule has 0 unspecified atom stereocenters. The topological polar surface area (TPSA) is 38.9 Å². The summed E-state index contributed by atoms with van der Waals surface area (Å²) in [6, 6.07) is 3.94. The van der Waals surface area contributed by atoms with Crippen molar-refractivity contribution < 1.29 is 0 Å². The number of rotatable bonds is 1. The number of nitrogens with two attached hydrogens (primary N) is 1. The minimum absolute atomic E-state index is 0.396. The van der Waals surface area contributed by atoms with Crippen LogP contribution in [0.4, 0.5) is 0 Å². The minimum atomic E-state index is 0.396. The Morgan fingerprint density at radius 3 is 2.93 bits per heavy atom. The van der Waals surface area contributed by atoms with Gasteiger partial charge in [0.05, 0.1) is 10.7 Å². The maximum atomic E-state index is 6.27. The SMILES string of the molecule is Cc1cc(Br)c2ccnc(CN)c2c1Cl. The van der Waals surface area contributed by atoms with Crippen LogP contribution in [0.5, 0.6) is 0 Å². The second-order valence-corrected chi connectivity index (χ2v) is 4.61. The van der Waals surface area contributed by atoms with Crippen LogP contribution in [-0.2, 0) is 6.54 Å². The van der Waals surface area contributed by atoms with Crippen LogP contribution in [-0.4, -0.2) is 4.98 Å². The Morgan fingerprint density at radius 1 is 1.53 bits per heavy atom. The Balaban J connectivity index is 2.96. The van der Waals surface area contributed by atoms with Crippen LogP contribution in [0, 0.1) is 6.92 Å². The van der Waals surface area contributed by atoms with Gasteiger partial charge in [-0.1, -0.05) is 27.5 Å². The molecule has 2 aromatic rings. The maximum Gasteiger partial charge on any atom is 0.0633 e. The van der Waals surface area contributed by atoms with Gasteiger partial charge in [-0.15, -0.1) is 0 Å². The highest BCUT2D eigenvalue weighted by molar-refractivity contribution is 9.10. The van der Waals surface area contributed by atoms with E-state index in [1.54, 1.807) is 6.20 Å². The summed E-state index contributed by atoms with van der Waals surface area (Å²) in [6.07, 6.45) is 1.75. The van der Waals surface area contributed by atoms with E-state index in [1.807, 2.05) is 19.1 Å². The summed E-state index contributed by atoms with van der Waals surface area (Å²) in [6.45, 7) is 2.37. The van der Waals surface area contributed by atoms with E-state index in [0.717, 1.165) is 31.5 Å². The van der Waals surface area contributed by atoms with E-state index in [1.165, 1.54) is 0 Å². The number of benzene rings is 1. The van der Waals surface area contributed by atoms with Crippen LogP contribution < -0.4 is 5.73 Å². The minimum Gasteiger partial charge on any atom is -0.325 e. The van der Waals surface area contributed by atoms with Crippen LogP contribution in [0.2, 0.25) is 5.02 Å². The van der Waals surface area contributed by atoms with E-state index in [0.29, 0.717) is 6.54 Å². The zero-order chi connectivity index (χ0) is 11.0. The van der Waals surface area contributed by atoms with E-state index in [2.05, 4.69) is 20.9 Å². The third-order valence-corrected chi connectivity index (χ3v) is 3.53. The molecule has 0 spiro atoms. The van der Waals surface area contributed by atoms with Crippen LogP contribution >= 0.6 is 27.5 Å². The van der Waals surface area contributed by atoms with Gasteiger partial charge < -0.3 is 5.73 Å². The molecule has 0 bridgehead atoms. The monoisotopic (exact) mass is 284 g/mol. The lowest BCUT2D eigenvalue weighted by Crippen LogP contribution is -2.01. The van der Waals surface area contributed by atoms with Gasteiger partial charge in [0.25, 0.3) is 0 Å². The number of hydrogen-bond donors (Lipinski definition) is 1.